The predicted molar refractivity (Wildman–Crippen MR) is 271 cm³/mol. The second-order valence-corrected chi connectivity index (χ2v) is 20.2. The Kier molecular flexibility index (Phi) is 33.7. The van der Waals surface area contributed by atoms with Crippen molar-refractivity contribution in [2.24, 2.45) is 0 Å². The highest BCUT2D eigenvalue weighted by Crippen LogP contribution is 2.60. The van der Waals surface area contributed by atoms with Crippen molar-refractivity contribution in [1.82, 2.24) is 9.55 Å². The first-order valence-corrected chi connectivity index (χ1v) is 28.0. The molecule has 2 heterocycles. The monoisotopic (exact) mass is 1040 g/mol. The van der Waals surface area contributed by atoms with E-state index in [1.165, 1.54) is 25.3 Å². The van der Waals surface area contributed by atoms with Crippen LogP contribution >= 0.6 is 15.6 Å². The van der Waals surface area contributed by atoms with Gasteiger partial charge in [-0.25, -0.2) is 13.9 Å². The fraction of sp³-hybridized carbons (Fsp3) is 0.640. The molecule has 1 aromatic heterocycles. The van der Waals surface area contributed by atoms with E-state index >= 15 is 0 Å². The van der Waals surface area contributed by atoms with Gasteiger partial charge in [-0.2, -0.15) is 9.29 Å². The molecule has 71 heavy (non-hydrogen) atoms. The molecule has 0 bridgehead atoms. The first-order chi connectivity index (χ1) is 34.1. The number of aliphatic hydroxyl groups is 3. The van der Waals surface area contributed by atoms with Gasteiger partial charge in [0.1, 0.15) is 30.7 Å². The Labute approximate surface area is 419 Å². The van der Waals surface area contributed by atoms with Gasteiger partial charge >= 0.3 is 33.3 Å². The van der Waals surface area contributed by atoms with E-state index in [1.54, 1.807) is 0 Å². The van der Waals surface area contributed by atoms with Gasteiger partial charge in [-0.3, -0.25) is 23.2 Å². The first-order valence-electron chi connectivity index (χ1n) is 25.0. The number of phosphoric ester groups is 2. The molecule has 0 saturated carbocycles. The largest absolute Gasteiger partial charge is 0.481 e. The molecule has 402 valence electrons. The second-order valence-electron chi connectivity index (χ2n) is 17.1. The van der Waals surface area contributed by atoms with Gasteiger partial charge in [0.15, 0.2) is 12.3 Å². The van der Waals surface area contributed by atoms with E-state index in [9.17, 15) is 48.6 Å². The summed E-state index contributed by atoms with van der Waals surface area (Å²) in [5.74, 6) is -1.41. The number of hydrogen-bond donors (Lipinski definition) is 6. The fourth-order valence-electron chi connectivity index (χ4n) is 6.94. The minimum Gasteiger partial charge on any atom is -0.462 e. The number of nitrogen functional groups attached to an aromatic ring is 1. The number of hydrogen-bond acceptors (Lipinski definition) is 16. The predicted octanol–water partition coefficient (Wildman–Crippen LogP) is 9.08. The quantitative estimate of drug-likeness (QED) is 0.0155. The number of nitrogens with two attached hydrogens (primary N) is 1. The van der Waals surface area contributed by atoms with Crippen molar-refractivity contribution in [3.63, 3.8) is 0 Å². The maximum Gasteiger partial charge on any atom is 0.481 e. The van der Waals surface area contributed by atoms with Crippen molar-refractivity contribution in [2.75, 3.05) is 25.6 Å². The van der Waals surface area contributed by atoms with Crippen molar-refractivity contribution in [2.45, 2.75) is 185 Å². The van der Waals surface area contributed by atoms with Crippen LogP contribution in [0.4, 0.5) is 5.82 Å². The highest BCUT2D eigenvalue weighted by molar-refractivity contribution is 7.61. The summed E-state index contributed by atoms with van der Waals surface area (Å²) in [7, 11) is -10.9. The number of phosphoric acid groups is 2. The van der Waals surface area contributed by atoms with Crippen LogP contribution in [-0.2, 0) is 46.3 Å². The summed E-state index contributed by atoms with van der Waals surface area (Å²) < 4.78 is 56.6. The molecule has 2 rings (SSSR count). The molecule has 0 spiro atoms. The van der Waals surface area contributed by atoms with Crippen LogP contribution < -0.4 is 11.4 Å². The van der Waals surface area contributed by atoms with E-state index in [1.807, 2.05) is 30.4 Å². The van der Waals surface area contributed by atoms with Crippen molar-refractivity contribution < 1.29 is 71.4 Å². The van der Waals surface area contributed by atoms with Crippen LogP contribution in [0.25, 0.3) is 0 Å². The number of aliphatic hydroxyl groups excluding tert-OH is 3. The Morgan fingerprint density at radius 3 is 1.90 bits per heavy atom. The zero-order valence-corrected chi connectivity index (χ0v) is 43.4. The summed E-state index contributed by atoms with van der Waals surface area (Å²) in [6.45, 7) is 1.84. The van der Waals surface area contributed by atoms with E-state index in [4.69, 9.17) is 29.0 Å². The van der Waals surface area contributed by atoms with Crippen LogP contribution in [-0.4, -0.2) is 96.9 Å². The number of nitrogens with zero attached hydrogens (tertiary/aromatic N) is 2. The van der Waals surface area contributed by atoms with Gasteiger partial charge in [0, 0.05) is 19.0 Å². The Hall–Kier alpha value is -3.84. The molecule has 21 heteroatoms. The number of carbonyl (C=O) groups excluding carboxylic acids is 2. The summed E-state index contributed by atoms with van der Waals surface area (Å²) in [6.07, 6.45) is 34.8. The summed E-state index contributed by atoms with van der Waals surface area (Å²) in [5, 5.41) is 30.7. The molecule has 0 aliphatic carbocycles. The van der Waals surface area contributed by atoms with E-state index in [2.05, 4.69) is 65.7 Å². The van der Waals surface area contributed by atoms with Crippen molar-refractivity contribution in [3.05, 3.63) is 95.7 Å². The molecule has 8 atom stereocenters. The summed E-state index contributed by atoms with van der Waals surface area (Å²) in [5.41, 5.74) is 4.57. The lowest BCUT2D eigenvalue weighted by Gasteiger charge is -2.21. The Morgan fingerprint density at radius 2 is 1.28 bits per heavy atom. The van der Waals surface area contributed by atoms with Crippen LogP contribution in [0.15, 0.2) is 90.0 Å². The molecule has 7 N–H and O–H groups in total. The highest BCUT2D eigenvalue weighted by atomic mass is 31.3. The third kappa shape index (κ3) is 30.7. The van der Waals surface area contributed by atoms with Crippen molar-refractivity contribution in [1.29, 1.82) is 0 Å². The topological polar surface area (TPSA) is 286 Å². The van der Waals surface area contributed by atoms with Crippen LogP contribution in [0.2, 0.25) is 0 Å². The van der Waals surface area contributed by atoms with Crippen LogP contribution in [0.5, 0.6) is 0 Å². The van der Waals surface area contributed by atoms with Gasteiger partial charge < -0.3 is 45.1 Å². The van der Waals surface area contributed by atoms with Crippen molar-refractivity contribution >= 4 is 33.4 Å². The molecule has 0 amide bonds. The zero-order valence-electron chi connectivity index (χ0n) is 41.6. The SMILES string of the molecule is CCCCC/C=C\C/C=C\CCCCCCCC(=O)O[C@H](COC(=O)CCC/C=C\C/C=C\C/C=C\C/C=C\CC(O)CCC)COP(=O)(O)OP(=O)(O)OC[C@H]1O[C@@H](n2ccc(N)nc2=O)[C@H](O)[C@@H]1O. The van der Waals surface area contributed by atoms with Gasteiger partial charge in [-0.1, -0.05) is 125 Å². The Morgan fingerprint density at radius 1 is 0.732 bits per heavy atom. The molecule has 3 unspecified atom stereocenters. The highest BCUT2D eigenvalue weighted by Gasteiger charge is 2.46. The standard InChI is InChI=1S/C50H81N3O16P2/c1-3-5-6-7-8-9-10-11-12-15-19-22-25-28-31-35-46(56)67-42(38-64-45(55)34-30-27-24-21-18-16-13-14-17-20-23-26-29-33-41(54)32-4-2)39-65-70(60,61)69-71(62,63)66-40-43-47(57)48(58)49(68-43)53-37-36-44(51)52-50(53)59/h8-9,11-13,16-17,20-21,24,26,29,36-37,41-43,47-49,54,57-58H,3-7,10,14-15,18-19,22-23,25,27-28,30-35,38-40H2,1-2H3,(H,60,61)(H,62,63)(H2,51,52,59)/b9-8-,12-11-,16-13-,20-17-,24-21-,29-26-/t41?,42-,43-,47-,48-,49-/m1/s1. The van der Waals surface area contributed by atoms with E-state index < -0.39 is 83.7 Å². The third-order valence-corrected chi connectivity index (χ3v) is 13.4. The lowest BCUT2D eigenvalue weighted by molar-refractivity contribution is -0.161. The molecule has 0 aromatic carbocycles. The average molecular weight is 1040 g/mol. The molecule has 19 nitrogen and oxygen atoms in total. The number of anilines is 1. The average Bonchev–Trinajstić information content (AvgIpc) is 3.60. The molecule has 1 fully saturated rings. The zero-order chi connectivity index (χ0) is 52.2. The van der Waals surface area contributed by atoms with Crippen LogP contribution in [0.1, 0.15) is 155 Å². The maximum atomic E-state index is 12.8. The van der Waals surface area contributed by atoms with E-state index in [0.29, 0.717) is 25.7 Å². The number of rotatable bonds is 40. The molecule has 1 aliphatic rings. The molecule has 0 radical (unpaired) electrons. The second kappa shape index (κ2) is 37.8. The number of aromatic nitrogens is 2. The molecule has 1 aromatic rings. The molecular formula is C50H81N3O16P2. The van der Waals surface area contributed by atoms with Gasteiger partial charge in [-0.05, 0) is 89.5 Å². The van der Waals surface area contributed by atoms with Gasteiger partial charge in [-0.15, -0.1) is 0 Å². The number of esters is 2. The number of allylic oxidation sites excluding steroid dienone is 11. The Balaban J connectivity index is 1.84. The maximum absolute atomic E-state index is 12.8. The minimum atomic E-state index is -5.45. The smallest absolute Gasteiger partial charge is 0.462 e. The lowest BCUT2D eigenvalue weighted by Crippen LogP contribution is -2.36. The fourth-order valence-corrected chi connectivity index (χ4v) is 9.05. The number of ether oxygens (including phenoxy) is 3. The van der Waals surface area contributed by atoms with E-state index in [-0.39, 0.29) is 24.8 Å². The van der Waals surface area contributed by atoms with Crippen LogP contribution in [0.3, 0.4) is 0 Å². The lowest BCUT2D eigenvalue weighted by atomic mass is 10.1. The van der Waals surface area contributed by atoms with Crippen molar-refractivity contribution in [3.8, 4) is 0 Å². The van der Waals surface area contributed by atoms with Gasteiger partial charge in [0.05, 0.1) is 19.3 Å². The third-order valence-electron chi connectivity index (χ3n) is 10.8. The summed E-state index contributed by atoms with van der Waals surface area (Å²) in [6, 6.07) is 1.24. The number of carbonyl (C=O) groups is 2. The van der Waals surface area contributed by atoms with E-state index in [0.717, 1.165) is 87.8 Å². The normalized spacial score (nSPS) is 20.2. The van der Waals surface area contributed by atoms with Gasteiger partial charge in [0.2, 0.25) is 0 Å². The molecule has 1 aliphatic heterocycles. The first kappa shape index (κ1) is 63.3. The van der Waals surface area contributed by atoms with Crippen LogP contribution in [0, 0.1) is 0 Å². The minimum absolute atomic E-state index is 0.0115. The summed E-state index contributed by atoms with van der Waals surface area (Å²) in [4.78, 5) is 61.8. The number of unbranched alkanes of at least 4 members (excludes halogenated alkanes) is 9. The molecular weight excluding hydrogens is 961 g/mol. The molecule has 1 saturated heterocycles. The van der Waals surface area contributed by atoms with Gasteiger partial charge in [0.25, 0.3) is 0 Å². The Bertz CT molecular complexity index is 1990. The summed E-state index contributed by atoms with van der Waals surface area (Å²) >= 11 is 0.